The summed E-state index contributed by atoms with van der Waals surface area (Å²) >= 11 is 0. The number of H-pyrrole nitrogens is 1. The normalized spacial score (nSPS) is 10.9. The summed E-state index contributed by atoms with van der Waals surface area (Å²) in [6.45, 7) is 5.43. The van der Waals surface area contributed by atoms with E-state index in [1.807, 2.05) is 31.2 Å². The van der Waals surface area contributed by atoms with E-state index in [9.17, 15) is 9.59 Å². The first kappa shape index (κ1) is 19.4. The van der Waals surface area contributed by atoms with Gasteiger partial charge < -0.3 is 9.73 Å². The van der Waals surface area contributed by atoms with Crippen molar-refractivity contribution in [3.63, 3.8) is 0 Å². The van der Waals surface area contributed by atoms with Gasteiger partial charge in [0.2, 0.25) is 11.9 Å². The second-order valence-corrected chi connectivity index (χ2v) is 7.12. The first-order chi connectivity index (χ1) is 14.4. The first-order valence-corrected chi connectivity index (χ1v) is 9.48. The molecule has 0 unspecified atom stereocenters. The van der Waals surface area contributed by atoms with Gasteiger partial charge >= 0.3 is 0 Å². The number of hydrogen-bond donors (Lipinski definition) is 2. The molecule has 8 nitrogen and oxygen atoms in total. The molecular formula is C22H21N5O3. The zero-order chi connectivity index (χ0) is 21.3. The Kier molecular flexibility index (Phi) is 5.05. The molecular weight excluding hydrogens is 382 g/mol. The van der Waals surface area contributed by atoms with Crippen molar-refractivity contribution in [2.75, 3.05) is 5.32 Å². The van der Waals surface area contributed by atoms with Gasteiger partial charge in [0.25, 0.3) is 5.56 Å². The van der Waals surface area contributed by atoms with Crippen LogP contribution in [-0.2, 0) is 11.2 Å². The first-order valence-electron chi connectivity index (χ1n) is 9.48. The highest BCUT2D eigenvalue weighted by molar-refractivity contribution is 5.92. The maximum Gasteiger partial charge on any atom is 0.255 e. The number of aromatic nitrogens is 4. The highest BCUT2D eigenvalue weighted by Crippen LogP contribution is 2.24. The van der Waals surface area contributed by atoms with Crippen molar-refractivity contribution in [2.45, 2.75) is 27.2 Å². The van der Waals surface area contributed by atoms with Gasteiger partial charge in [-0.05, 0) is 38.5 Å². The fraction of sp³-hybridized carbons (Fsp3) is 0.182. The second-order valence-electron chi connectivity index (χ2n) is 7.12. The fourth-order valence-corrected chi connectivity index (χ4v) is 3.10. The summed E-state index contributed by atoms with van der Waals surface area (Å²) in [6.07, 6.45) is 1.75. The lowest BCUT2D eigenvalue weighted by Gasteiger charge is -2.09. The zero-order valence-electron chi connectivity index (χ0n) is 16.9. The molecule has 0 saturated heterocycles. The molecule has 4 aromatic rings. The Morgan fingerprint density at radius 3 is 2.70 bits per heavy atom. The fourth-order valence-electron chi connectivity index (χ4n) is 3.10. The lowest BCUT2D eigenvalue weighted by Crippen LogP contribution is -2.21. The number of aromatic amines is 1. The van der Waals surface area contributed by atoms with E-state index < -0.39 is 0 Å². The number of nitrogens with zero attached hydrogens (tertiary/aromatic N) is 3. The van der Waals surface area contributed by atoms with Crippen molar-refractivity contribution in [2.24, 2.45) is 0 Å². The molecule has 30 heavy (non-hydrogen) atoms. The molecule has 0 atom stereocenters. The van der Waals surface area contributed by atoms with Gasteiger partial charge in [-0.25, -0.2) is 4.98 Å². The predicted octanol–water partition coefficient (Wildman–Crippen LogP) is 3.32. The van der Waals surface area contributed by atoms with E-state index in [1.165, 1.54) is 4.68 Å². The third-order valence-corrected chi connectivity index (χ3v) is 4.78. The Morgan fingerprint density at radius 2 is 2.00 bits per heavy atom. The smallest absolute Gasteiger partial charge is 0.255 e. The lowest BCUT2D eigenvalue weighted by molar-refractivity contribution is -0.115. The largest absolute Gasteiger partial charge is 0.463 e. The SMILES string of the molecule is Cc1cccc(CC(=O)Nc2cc(-c3ccco3)nn2-c2nc(C)c(C)c(=O)[nH]2)c1. The highest BCUT2D eigenvalue weighted by atomic mass is 16.3. The van der Waals surface area contributed by atoms with E-state index >= 15 is 0 Å². The highest BCUT2D eigenvalue weighted by Gasteiger charge is 2.18. The van der Waals surface area contributed by atoms with Crippen LogP contribution in [-0.4, -0.2) is 25.7 Å². The predicted molar refractivity (Wildman–Crippen MR) is 113 cm³/mol. The number of anilines is 1. The van der Waals surface area contributed by atoms with Crippen molar-refractivity contribution in [3.8, 4) is 17.4 Å². The van der Waals surface area contributed by atoms with E-state index in [1.54, 1.807) is 38.3 Å². The minimum atomic E-state index is -0.260. The van der Waals surface area contributed by atoms with Crippen LogP contribution in [0, 0.1) is 20.8 Å². The molecule has 0 aliphatic heterocycles. The van der Waals surface area contributed by atoms with Crippen LogP contribution in [0.3, 0.4) is 0 Å². The summed E-state index contributed by atoms with van der Waals surface area (Å²) in [5.74, 6) is 0.922. The van der Waals surface area contributed by atoms with Crippen molar-refractivity contribution in [1.82, 2.24) is 19.7 Å². The van der Waals surface area contributed by atoms with E-state index in [4.69, 9.17) is 4.42 Å². The van der Waals surface area contributed by atoms with Crippen LogP contribution in [0.25, 0.3) is 17.4 Å². The quantitative estimate of drug-likeness (QED) is 0.532. The standard InChI is InChI=1S/C22H21N5O3/c1-13-6-4-7-16(10-13)11-20(28)24-19-12-17(18-8-5-9-30-18)26-27(19)22-23-15(3)14(2)21(29)25-22/h4-10,12H,11H2,1-3H3,(H,24,28)(H,23,25,29). The summed E-state index contributed by atoms with van der Waals surface area (Å²) in [7, 11) is 0. The molecule has 1 amide bonds. The number of nitrogens with one attached hydrogen (secondary N) is 2. The number of benzene rings is 1. The Bertz CT molecular complexity index is 1270. The van der Waals surface area contributed by atoms with Crippen molar-refractivity contribution in [3.05, 3.63) is 81.5 Å². The van der Waals surface area contributed by atoms with Crippen LogP contribution < -0.4 is 10.9 Å². The second kappa shape index (κ2) is 7.82. The van der Waals surface area contributed by atoms with Gasteiger partial charge in [0, 0.05) is 17.3 Å². The van der Waals surface area contributed by atoms with Crippen LogP contribution in [0.2, 0.25) is 0 Å². The van der Waals surface area contributed by atoms with Crippen molar-refractivity contribution < 1.29 is 9.21 Å². The molecule has 8 heteroatoms. The molecule has 0 fully saturated rings. The Balaban J connectivity index is 1.71. The molecule has 0 aliphatic carbocycles. The topological polar surface area (TPSA) is 106 Å². The number of carbonyl (C=O) groups excluding carboxylic acids is 1. The molecule has 3 heterocycles. The molecule has 2 N–H and O–H groups in total. The minimum absolute atomic E-state index is 0.208. The molecule has 0 radical (unpaired) electrons. The minimum Gasteiger partial charge on any atom is -0.463 e. The number of carbonyl (C=O) groups is 1. The number of amides is 1. The summed E-state index contributed by atoms with van der Waals surface area (Å²) < 4.78 is 6.83. The van der Waals surface area contributed by atoms with Crippen LogP contribution in [0.1, 0.15) is 22.4 Å². The summed E-state index contributed by atoms with van der Waals surface area (Å²) in [5.41, 5.74) is 3.35. The van der Waals surface area contributed by atoms with Gasteiger partial charge in [0.1, 0.15) is 11.5 Å². The Morgan fingerprint density at radius 1 is 1.17 bits per heavy atom. The van der Waals surface area contributed by atoms with Crippen molar-refractivity contribution >= 4 is 11.7 Å². The number of hydrogen-bond acceptors (Lipinski definition) is 5. The molecule has 0 bridgehead atoms. The number of aryl methyl sites for hydroxylation is 2. The molecule has 152 valence electrons. The molecule has 0 aliphatic rings. The molecule has 4 rings (SSSR count). The van der Waals surface area contributed by atoms with Gasteiger partial charge in [0.15, 0.2) is 5.76 Å². The van der Waals surface area contributed by atoms with E-state index in [-0.39, 0.29) is 23.8 Å². The van der Waals surface area contributed by atoms with Gasteiger partial charge in [-0.3, -0.25) is 14.6 Å². The Hall–Kier alpha value is -3.94. The maximum atomic E-state index is 12.7. The summed E-state index contributed by atoms with van der Waals surface area (Å²) in [6, 6.07) is 13.0. The third kappa shape index (κ3) is 3.93. The lowest BCUT2D eigenvalue weighted by atomic mass is 10.1. The zero-order valence-corrected chi connectivity index (χ0v) is 16.9. The van der Waals surface area contributed by atoms with Gasteiger partial charge in [0.05, 0.1) is 12.7 Å². The summed E-state index contributed by atoms with van der Waals surface area (Å²) in [5, 5.41) is 7.36. The third-order valence-electron chi connectivity index (χ3n) is 4.78. The maximum absolute atomic E-state index is 12.7. The van der Waals surface area contributed by atoms with Gasteiger partial charge in [-0.1, -0.05) is 29.8 Å². The number of furan rings is 1. The monoisotopic (exact) mass is 403 g/mol. The van der Waals surface area contributed by atoms with Crippen LogP contribution in [0.5, 0.6) is 0 Å². The number of rotatable bonds is 5. The molecule has 0 spiro atoms. The van der Waals surface area contributed by atoms with Gasteiger partial charge in [-0.2, -0.15) is 9.78 Å². The molecule has 3 aromatic heterocycles. The van der Waals surface area contributed by atoms with E-state index in [0.717, 1.165) is 11.1 Å². The van der Waals surface area contributed by atoms with E-state index in [0.29, 0.717) is 28.5 Å². The van der Waals surface area contributed by atoms with Gasteiger partial charge in [-0.15, -0.1) is 0 Å². The molecule has 0 saturated carbocycles. The average Bonchev–Trinajstić information content (AvgIpc) is 3.35. The molecule has 1 aromatic carbocycles. The van der Waals surface area contributed by atoms with Crippen molar-refractivity contribution in [1.29, 1.82) is 0 Å². The average molecular weight is 403 g/mol. The Labute approximate surface area is 172 Å². The van der Waals surface area contributed by atoms with Crippen LogP contribution >= 0.6 is 0 Å². The summed E-state index contributed by atoms with van der Waals surface area (Å²) in [4.78, 5) is 32.1. The van der Waals surface area contributed by atoms with Crippen LogP contribution in [0.15, 0.2) is 57.9 Å². The van der Waals surface area contributed by atoms with E-state index in [2.05, 4.69) is 20.4 Å². The van der Waals surface area contributed by atoms with Crippen LogP contribution in [0.4, 0.5) is 5.82 Å².